The number of anilines is 1. The van der Waals surface area contributed by atoms with E-state index in [4.69, 9.17) is 14.5 Å². The highest BCUT2D eigenvalue weighted by Gasteiger charge is 2.30. The standard InChI is InChI=1S/C27H27F3N4O2/c1-35-23-11-8-19(16-24(23)36-2)21-4-3-5-22-25(21)32-26(33-14-12-31-13-15-33)34(22)17-18-6-9-20(10-7-18)27(28,29)30/h3-11,16,31H,12-15,17H2,1-2H3. The topological polar surface area (TPSA) is 51.5 Å². The van der Waals surface area contributed by atoms with Gasteiger partial charge in [-0.2, -0.15) is 13.2 Å². The van der Waals surface area contributed by atoms with Crippen molar-refractivity contribution in [2.75, 3.05) is 45.3 Å². The molecule has 0 aliphatic carbocycles. The molecule has 0 amide bonds. The van der Waals surface area contributed by atoms with E-state index in [-0.39, 0.29) is 0 Å². The Bertz CT molecular complexity index is 1360. The number of hydrogen-bond acceptors (Lipinski definition) is 5. The molecule has 0 radical (unpaired) electrons. The molecule has 1 N–H and O–H groups in total. The van der Waals surface area contributed by atoms with E-state index >= 15 is 0 Å². The quantitative estimate of drug-likeness (QED) is 0.398. The Kier molecular flexibility index (Phi) is 6.49. The molecule has 5 rings (SSSR count). The van der Waals surface area contributed by atoms with Gasteiger partial charge in [0.25, 0.3) is 0 Å². The lowest BCUT2D eigenvalue weighted by Crippen LogP contribution is -2.44. The maximum absolute atomic E-state index is 13.1. The zero-order valence-electron chi connectivity index (χ0n) is 20.1. The Morgan fingerprint density at radius 2 is 1.64 bits per heavy atom. The van der Waals surface area contributed by atoms with E-state index in [1.165, 1.54) is 12.1 Å². The first-order valence-corrected chi connectivity index (χ1v) is 11.7. The molecule has 36 heavy (non-hydrogen) atoms. The van der Waals surface area contributed by atoms with Crippen molar-refractivity contribution in [1.82, 2.24) is 14.9 Å². The molecular formula is C27H27F3N4O2. The minimum absolute atomic E-state index is 0.406. The summed E-state index contributed by atoms with van der Waals surface area (Å²) in [6, 6.07) is 17.1. The van der Waals surface area contributed by atoms with Gasteiger partial charge in [-0.3, -0.25) is 0 Å². The van der Waals surface area contributed by atoms with Gasteiger partial charge in [-0.15, -0.1) is 0 Å². The molecule has 0 bridgehead atoms. The fourth-order valence-corrected chi connectivity index (χ4v) is 4.62. The maximum atomic E-state index is 13.1. The molecule has 1 saturated heterocycles. The van der Waals surface area contributed by atoms with Crippen LogP contribution in [-0.4, -0.2) is 49.9 Å². The second-order valence-electron chi connectivity index (χ2n) is 8.67. The largest absolute Gasteiger partial charge is 0.493 e. The van der Waals surface area contributed by atoms with Gasteiger partial charge in [0.15, 0.2) is 11.5 Å². The van der Waals surface area contributed by atoms with Crippen molar-refractivity contribution >= 4 is 17.0 Å². The summed E-state index contributed by atoms with van der Waals surface area (Å²) in [5.41, 5.74) is 3.73. The van der Waals surface area contributed by atoms with Gasteiger partial charge in [0.1, 0.15) is 0 Å². The third-order valence-electron chi connectivity index (χ3n) is 6.48. The van der Waals surface area contributed by atoms with Crippen molar-refractivity contribution in [3.63, 3.8) is 0 Å². The molecule has 0 atom stereocenters. The highest BCUT2D eigenvalue weighted by atomic mass is 19.4. The van der Waals surface area contributed by atoms with Crippen LogP contribution < -0.4 is 19.7 Å². The highest BCUT2D eigenvalue weighted by Crippen LogP contribution is 2.37. The van der Waals surface area contributed by atoms with Crippen LogP contribution in [0.5, 0.6) is 11.5 Å². The predicted octanol–water partition coefficient (Wildman–Crippen LogP) is 5.20. The molecule has 4 aromatic rings. The van der Waals surface area contributed by atoms with E-state index in [1.54, 1.807) is 14.2 Å². The van der Waals surface area contributed by atoms with Gasteiger partial charge in [0.2, 0.25) is 5.95 Å². The molecule has 0 unspecified atom stereocenters. The van der Waals surface area contributed by atoms with Crippen LogP contribution in [0, 0.1) is 0 Å². The van der Waals surface area contributed by atoms with Crippen molar-refractivity contribution in [2.24, 2.45) is 0 Å². The summed E-state index contributed by atoms with van der Waals surface area (Å²) in [7, 11) is 3.20. The molecule has 0 saturated carbocycles. The average Bonchev–Trinajstić information content (AvgIpc) is 3.27. The minimum Gasteiger partial charge on any atom is -0.493 e. The molecule has 1 aliphatic heterocycles. The number of nitrogens with zero attached hydrogens (tertiary/aromatic N) is 3. The van der Waals surface area contributed by atoms with Crippen molar-refractivity contribution < 1.29 is 22.6 Å². The van der Waals surface area contributed by atoms with Crippen LogP contribution in [0.2, 0.25) is 0 Å². The molecule has 0 spiro atoms. The number of imidazole rings is 1. The molecule has 188 valence electrons. The SMILES string of the molecule is COc1ccc(-c2cccc3c2nc(N2CCNCC2)n3Cc2ccc(C(F)(F)F)cc2)cc1OC. The lowest BCUT2D eigenvalue weighted by molar-refractivity contribution is -0.137. The number of benzene rings is 3. The fourth-order valence-electron chi connectivity index (χ4n) is 4.62. The van der Waals surface area contributed by atoms with Crippen molar-refractivity contribution in [2.45, 2.75) is 12.7 Å². The van der Waals surface area contributed by atoms with Crippen molar-refractivity contribution in [3.8, 4) is 22.6 Å². The normalized spacial score (nSPS) is 14.3. The monoisotopic (exact) mass is 496 g/mol. The maximum Gasteiger partial charge on any atom is 0.416 e. The van der Waals surface area contributed by atoms with Crippen LogP contribution in [0.15, 0.2) is 60.7 Å². The zero-order valence-corrected chi connectivity index (χ0v) is 20.1. The number of alkyl halides is 3. The lowest BCUT2D eigenvalue weighted by atomic mass is 10.0. The molecule has 1 aliphatic rings. The van der Waals surface area contributed by atoms with Crippen molar-refractivity contribution in [1.29, 1.82) is 0 Å². The Morgan fingerprint density at radius 1 is 0.917 bits per heavy atom. The number of rotatable bonds is 6. The molecule has 9 heteroatoms. The van der Waals surface area contributed by atoms with E-state index in [2.05, 4.69) is 14.8 Å². The molecular weight excluding hydrogens is 469 g/mol. The Balaban J connectivity index is 1.62. The van der Waals surface area contributed by atoms with E-state index in [9.17, 15) is 13.2 Å². The third-order valence-corrected chi connectivity index (χ3v) is 6.48. The Morgan fingerprint density at radius 3 is 2.31 bits per heavy atom. The van der Waals surface area contributed by atoms with Crippen LogP contribution in [0.3, 0.4) is 0 Å². The van der Waals surface area contributed by atoms with Crippen LogP contribution in [0.25, 0.3) is 22.2 Å². The first-order chi connectivity index (χ1) is 17.4. The molecule has 1 aromatic heterocycles. The van der Waals surface area contributed by atoms with Gasteiger partial charge < -0.3 is 24.3 Å². The summed E-state index contributed by atoms with van der Waals surface area (Å²) in [6.45, 7) is 3.67. The number of para-hydroxylation sites is 1. The molecule has 1 fully saturated rings. The number of methoxy groups -OCH3 is 2. The first kappa shape index (κ1) is 24.0. The van der Waals surface area contributed by atoms with Gasteiger partial charge in [-0.05, 0) is 41.5 Å². The zero-order chi connectivity index (χ0) is 25.3. The predicted molar refractivity (Wildman–Crippen MR) is 134 cm³/mol. The summed E-state index contributed by atoms with van der Waals surface area (Å²) < 4.78 is 52.2. The van der Waals surface area contributed by atoms with Gasteiger partial charge >= 0.3 is 6.18 Å². The van der Waals surface area contributed by atoms with Crippen LogP contribution in [0.1, 0.15) is 11.1 Å². The fraction of sp³-hybridized carbons (Fsp3) is 0.296. The van der Waals surface area contributed by atoms with Crippen LogP contribution >= 0.6 is 0 Å². The number of halogens is 3. The van der Waals surface area contributed by atoms with E-state index < -0.39 is 11.7 Å². The summed E-state index contributed by atoms with van der Waals surface area (Å²) >= 11 is 0. The number of fused-ring (bicyclic) bond motifs is 1. The second-order valence-corrected chi connectivity index (χ2v) is 8.67. The summed E-state index contributed by atoms with van der Waals surface area (Å²) in [5.74, 6) is 2.07. The first-order valence-electron chi connectivity index (χ1n) is 11.7. The van der Waals surface area contributed by atoms with Gasteiger partial charge in [0, 0.05) is 31.7 Å². The number of ether oxygens (including phenoxy) is 2. The van der Waals surface area contributed by atoms with Gasteiger partial charge in [0.05, 0.1) is 37.4 Å². The highest BCUT2D eigenvalue weighted by molar-refractivity contribution is 5.94. The third kappa shape index (κ3) is 4.58. The minimum atomic E-state index is -4.36. The summed E-state index contributed by atoms with van der Waals surface area (Å²) in [5, 5.41) is 3.36. The number of piperazine rings is 1. The Labute approximate surface area is 207 Å². The molecule has 3 aromatic carbocycles. The smallest absolute Gasteiger partial charge is 0.416 e. The van der Waals surface area contributed by atoms with Gasteiger partial charge in [-0.25, -0.2) is 4.98 Å². The molecule has 2 heterocycles. The average molecular weight is 497 g/mol. The summed E-state index contributed by atoms with van der Waals surface area (Å²) in [6.07, 6.45) is -4.36. The Hall–Kier alpha value is -3.72. The van der Waals surface area contributed by atoms with E-state index in [0.29, 0.717) is 18.0 Å². The second kappa shape index (κ2) is 9.73. The summed E-state index contributed by atoms with van der Waals surface area (Å²) in [4.78, 5) is 7.29. The van der Waals surface area contributed by atoms with Crippen LogP contribution in [0.4, 0.5) is 19.1 Å². The van der Waals surface area contributed by atoms with E-state index in [1.807, 2.05) is 36.4 Å². The number of nitrogens with one attached hydrogen (secondary N) is 1. The lowest BCUT2D eigenvalue weighted by Gasteiger charge is -2.29. The van der Waals surface area contributed by atoms with Gasteiger partial charge in [-0.1, -0.05) is 30.3 Å². The van der Waals surface area contributed by atoms with Crippen molar-refractivity contribution in [3.05, 3.63) is 71.8 Å². The van der Waals surface area contributed by atoms with Crippen LogP contribution in [-0.2, 0) is 12.7 Å². The molecule has 6 nitrogen and oxygen atoms in total. The number of aromatic nitrogens is 2. The number of hydrogen-bond donors (Lipinski definition) is 1. The van der Waals surface area contributed by atoms with E-state index in [0.717, 1.165) is 72.0 Å².